The summed E-state index contributed by atoms with van der Waals surface area (Å²) in [7, 11) is 0. The highest BCUT2D eigenvalue weighted by atomic mass is 32.1. The molecule has 3 aromatic rings. The van der Waals surface area contributed by atoms with Gasteiger partial charge in [-0.05, 0) is 24.1 Å². The van der Waals surface area contributed by atoms with Crippen molar-refractivity contribution in [1.29, 1.82) is 0 Å². The molecule has 1 saturated heterocycles. The van der Waals surface area contributed by atoms with E-state index in [9.17, 15) is 9.59 Å². The van der Waals surface area contributed by atoms with Crippen LogP contribution in [0.2, 0.25) is 0 Å². The first kappa shape index (κ1) is 17.7. The van der Waals surface area contributed by atoms with Crippen molar-refractivity contribution in [1.82, 2.24) is 15.2 Å². The molecule has 2 aromatic carbocycles. The molecule has 1 fully saturated rings. The summed E-state index contributed by atoms with van der Waals surface area (Å²) in [5.41, 5.74) is 0.749. The average Bonchev–Trinajstić information content (AvgIpc) is 3.21. The first-order chi connectivity index (χ1) is 13.1. The van der Waals surface area contributed by atoms with E-state index in [0.717, 1.165) is 33.6 Å². The van der Waals surface area contributed by atoms with Gasteiger partial charge in [-0.2, -0.15) is 0 Å². The van der Waals surface area contributed by atoms with Gasteiger partial charge in [-0.1, -0.05) is 62.2 Å². The molecule has 0 aliphatic carbocycles. The SMILES string of the molecule is CCCCC1(c2ccccc2)NC(=O)N(Cc2nc3ccccc3s2)C1=O. The number of carbonyl (C=O) groups is 2. The molecule has 6 heteroatoms. The van der Waals surface area contributed by atoms with Crippen molar-refractivity contribution in [2.45, 2.75) is 38.3 Å². The maximum absolute atomic E-state index is 13.4. The zero-order valence-electron chi connectivity index (χ0n) is 15.1. The molecule has 138 valence electrons. The quantitative estimate of drug-likeness (QED) is 0.644. The van der Waals surface area contributed by atoms with Gasteiger partial charge in [-0.25, -0.2) is 9.78 Å². The fraction of sp³-hybridized carbons (Fsp3) is 0.286. The summed E-state index contributed by atoms with van der Waals surface area (Å²) in [6, 6.07) is 17.0. The molecule has 1 N–H and O–H groups in total. The Labute approximate surface area is 162 Å². The Hall–Kier alpha value is -2.73. The summed E-state index contributed by atoms with van der Waals surface area (Å²) in [6.45, 7) is 2.28. The van der Waals surface area contributed by atoms with Crippen molar-refractivity contribution >= 4 is 33.5 Å². The van der Waals surface area contributed by atoms with Gasteiger partial charge in [0.05, 0.1) is 16.8 Å². The highest BCUT2D eigenvalue weighted by Crippen LogP contribution is 2.35. The van der Waals surface area contributed by atoms with Crippen molar-refractivity contribution in [3.8, 4) is 0 Å². The van der Waals surface area contributed by atoms with Crippen molar-refractivity contribution in [3.63, 3.8) is 0 Å². The molecule has 0 radical (unpaired) electrons. The first-order valence-electron chi connectivity index (χ1n) is 9.18. The van der Waals surface area contributed by atoms with Gasteiger partial charge in [0.2, 0.25) is 0 Å². The van der Waals surface area contributed by atoms with Gasteiger partial charge in [-0.3, -0.25) is 9.69 Å². The van der Waals surface area contributed by atoms with Crippen LogP contribution >= 0.6 is 11.3 Å². The van der Waals surface area contributed by atoms with E-state index in [1.165, 1.54) is 16.2 Å². The molecule has 27 heavy (non-hydrogen) atoms. The summed E-state index contributed by atoms with van der Waals surface area (Å²) in [5, 5.41) is 3.75. The van der Waals surface area contributed by atoms with Crippen molar-refractivity contribution in [2.24, 2.45) is 0 Å². The third-order valence-corrected chi connectivity index (χ3v) is 6.00. The van der Waals surface area contributed by atoms with Crippen LogP contribution in [-0.2, 0) is 16.9 Å². The van der Waals surface area contributed by atoms with Crippen molar-refractivity contribution in [2.75, 3.05) is 0 Å². The zero-order chi connectivity index (χ0) is 18.9. The van der Waals surface area contributed by atoms with Crippen molar-refractivity contribution < 1.29 is 9.59 Å². The maximum Gasteiger partial charge on any atom is 0.325 e. The maximum atomic E-state index is 13.4. The van der Waals surface area contributed by atoms with E-state index < -0.39 is 5.54 Å². The zero-order valence-corrected chi connectivity index (χ0v) is 16.0. The largest absolute Gasteiger partial charge is 0.325 e. The monoisotopic (exact) mass is 379 g/mol. The number of nitrogens with zero attached hydrogens (tertiary/aromatic N) is 2. The van der Waals surface area contributed by atoms with Crippen LogP contribution in [0, 0.1) is 0 Å². The molecule has 0 bridgehead atoms. The molecule has 0 spiro atoms. The van der Waals surface area contributed by atoms with E-state index >= 15 is 0 Å². The van der Waals surface area contributed by atoms with Gasteiger partial charge in [0, 0.05) is 0 Å². The van der Waals surface area contributed by atoms with Crippen LogP contribution in [0.25, 0.3) is 10.2 Å². The number of urea groups is 1. The Morgan fingerprint density at radius 1 is 1.07 bits per heavy atom. The van der Waals surface area contributed by atoms with Crippen LogP contribution in [0.4, 0.5) is 4.79 Å². The molecular formula is C21H21N3O2S. The molecule has 1 unspecified atom stereocenters. The van der Waals surface area contributed by atoms with Crippen molar-refractivity contribution in [3.05, 3.63) is 65.2 Å². The second-order valence-electron chi connectivity index (χ2n) is 6.77. The van der Waals surface area contributed by atoms with Crippen LogP contribution in [0.1, 0.15) is 36.8 Å². The molecule has 1 atom stereocenters. The predicted octanol–water partition coefficient (Wildman–Crippen LogP) is 4.43. The number of thiazole rings is 1. The number of rotatable bonds is 6. The number of fused-ring (bicyclic) bond motifs is 1. The number of hydrogen-bond acceptors (Lipinski definition) is 4. The van der Waals surface area contributed by atoms with Crippen LogP contribution in [0.15, 0.2) is 54.6 Å². The van der Waals surface area contributed by atoms with Crippen LogP contribution in [0.5, 0.6) is 0 Å². The van der Waals surface area contributed by atoms with E-state index in [-0.39, 0.29) is 18.5 Å². The number of benzene rings is 2. The lowest BCUT2D eigenvalue weighted by atomic mass is 9.85. The number of nitrogens with one attached hydrogen (secondary N) is 1. The highest BCUT2D eigenvalue weighted by Gasteiger charge is 2.51. The Bertz CT molecular complexity index is 952. The number of imide groups is 1. The number of unbranched alkanes of at least 4 members (excludes halogenated alkanes) is 1. The van der Waals surface area contributed by atoms with E-state index in [2.05, 4.69) is 17.2 Å². The summed E-state index contributed by atoms with van der Waals surface area (Å²) in [4.78, 5) is 32.0. The Balaban J connectivity index is 1.66. The van der Waals surface area contributed by atoms with Gasteiger partial charge >= 0.3 is 6.03 Å². The summed E-state index contributed by atoms with van der Waals surface area (Å²) >= 11 is 1.52. The van der Waals surface area contributed by atoms with Crippen LogP contribution < -0.4 is 5.32 Å². The lowest BCUT2D eigenvalue weighted by Gasteiger charge is -2.27. The molecule has 3 amide bonds. The minimum absolute atomic E-state index is 0.189. The van der Waals surface area contributed by atoms with Gasteiger partial charge < -0.3 is 5.32 Å². The number of aromatic nitrogens is 1. The molecule has 1 aliphatic heterocycles. The minimum atomic E-state index is -0.981. The lowest BCUT2D eigenvalue weighted by molar-refractivity contribution is -0.132. The van der Waals surface area contributed by atoms with Crippen LogP contribution in [0.3, 0.4) is 0 Å². The Morgan fingerprint density at radius 2 is 1.81 bits per heavy atom. The fourth-order valence-electron chi connectivity index (χ4n) is 3.57. The molecule has 5 nitrogen and oxygen atoms in total. The molecule has 2 heterocycles. The second kappa shape index (κ2) is 7.12. The molecule has 4 rings (SSSR count). The summed E-state index contributed by atoms with van der Waals surface area (Å²) in [6.07, 6.45) is 2.40. The fourth-order valence-corrected chi connectivity index (χ4v) is 4.52. The summed E-state index contributed by atoms with van der Waals surface area (Å²) in [5.74, 6) is -0.189. The molecule has 0 saturated carbocycles. The highest BCUT2D eigenvalue weighted by molar-refractivity contribution is 7.18. The second-order valence-corrected chi connectivity index (χ2v) is 7.89. The van der Waals surface area contributed by atoms with Crippen LogP contribution in [-0.4, -0.2) is 21.8 Å². The number of hydrogen-bond donors (Lipinski definition) is 1. The molecule has 1 aromatic heterocycles. The molecular weight excluding hydrogens is 358 g/mol. The number of amides is 3. The standard InChI is InChI=1S/C21H21N3O2S/c1-2-3-13-21(15-9-5-4-6-10-15)19(25)24(20(26)23-21)14-18-22-16-11-7-8-12-17(16)27-18/h4-12H,2-3,13-14H2,1H3,(H,23,26). The minimum Gasteiger partial charge on any atom is -0.319 e. The number of carbonyl (C=O) groups excluding carboxylic acids is 2. The van der Waals surface area contributed by atoms with E-state index in [1.54, 1.807) is 0 Å². The van der Waals surface area contributed by atoms with E-state index in [4.69, 9.17) is 0 Å². The Kier molecular flexibility index (Phi) is 4.66. The number of para-hydroxylation sites is 1. The first-order valence-corrected chi connectivity index (χ1v) is 10.00. The third-order valence-electron chi connectivity index (χ3n) is 4.98. The van der Waals surface area contributed by atoms with Gasteiger partial charge in [0.25, 0.3) is 5.91 Å². The lowest BCUT2D eigenvalue weighted by Crippen LogP contribution is -2.44. The van der Waals surface area contributed by atoms with Gasteiger partial charge in [0.15, 0.2) is 0 Å². The summed E-state index contributed by atoms with van der Waals surface area (Å²) < 4.78 is 1.06. The molecule has 1 aliphatic rings. The van der Waals surface area contributed by atoms with Gasteiger partial charge in [0.1, 0.15) is 10.5 Å². The predicted molar refractivity (Wildman–Crippen MR) is 106 cm³/mol. The average molecular weight is 379 g/mol. The smallest absolute Gasteiger partial charge is 0.319 e. The normalized spacial score (nSPS) is 19.7. The third kappa shape index (κ3) is 3.10. The Morgan fingerprint density at radius 3 is 2.56 bits per heavy atom. The van der Waals surface area contributed by atoms with E-state index in [0.29, 0.717) is 6.42 Å². The van der Waals surface area contributed by atoms with Gasteiger partial charge in [-0.15, -0.1) is 11.3 Å². The topological polar surface area (TPSA) is 62.3 Å². The van der Waals surface area contributed by atoms with E-state index in [1.807, 2.05) is 54.6 Å².